The number of ether oxygens (including phenoxy) is 1. The van der Waals surface area contributed by atoms with E-state index < -0.39 is 0 Å². The van der Waals surface area contributed by atoms with Crippen LogP contribution in [0.5, 0.6) is 11.5 Å². The largest absolute Gasteiger partial charge is 0.457 e. The average Bonchev–Trinajstić information content (AvgIpc) is 2.84. The Morgan fingerprint density at radius 1 is 0.839 bits per heavy atom. The Kier molecular flexibility index (Phi) is 6.22. The van der Waals surface area contributed by atoms with E-state index in [1.54, 1.807) is 53.4 Å². The van der Waals surface area contributed by atoms with Crippen molar-refractivity contribution in [1.82, 2.24) is 4.90 Å². The minimum absolute atomic E-state index is 0.0417. The highest BCUT2D eigenvalue weighted by Gasteiger charge is 2.29. The van der Waals surface area contributed by atoms with Crippen molar-refractivity contribution in [1.29, 1.82) is 0 Å². The number of benzene rings is 3. The first-order valence-electron chi connectivity index (χ1n) is 10.4. The van der Waals surface area contributed by atoms with Crippen LogP contribution < -0.4 is 4.74 Å². The van der Waals surface area contributed by atoms with E-state index in [0.29, 0.717) is 35.5 Å². The highest BCUT2D eigenvalue weighted by Crippen LogP contribution is 2.25. The van der Waals surface area contributed by atoms with Gasteiger partial charge in [-0.25, -0.2) is 0 Å². The molecule has 0 spiro atoms. The maximum Gasteiger partial charge on any atom is 0.253 e. The summed E-state index contributed by atoms with van der Waals surface area (Å²) in [6.07, 6.45) is 2.29. The molecule has 0 bridgehead atoms. The minimum Gasteiger partial charge on any atom is -0.457 e. The maximum absolute atomic E-state index is 13.0. The van der Waals surface area contributed by atoms with Gasteiger partial charge in [0.15, 0.2) is 5.78 Å². The first-order chi connectivity index (χ1) is 15.1. The summed E-state index contributed by atoms with van der Waals surface area (Å²) >= 11 is 0. The fourth-order valence-corrected chi connectivity index (χ4v) is 3.81. The van der Waals surface area contributed by atoms with E-state index in [0.717, 1.165) is 24.9 Å². The highest BCUT2D eigenvalue weighted by atomic mass is 16.5. The Labute approximate surface area is 181 Å². The Bertz CT molecular complexity index is 1060. The number of likely N-dealkylation sites (tertiary alicyclic amines) is 1. The van der Waals surface area contributed by atoms with E-state index >= 15 is 0 Å². The second kappa shape index (κ2) is 9.39. The predicted octanol–water partition coefficient (Wildman–Crippen LogP) is 5.03. The predicted molar refractivity (Wildman–Crippen MR) is 118 cm³/mol. The van der Waals surface area contributed by atoms with Gasteiger partial charge in [0.1, 0.15) is 17.8 Å². The summed E-state index contributed by atoms with van der Waals surface area (Å²) < 4.78 is 5.79. The number of hydrogen-bond acceptors (Lipinski definition) is 4. The summed E-state index contributed by atoms with van der Waals surface area (Å²) in [5.74, 6) is 1.11. The zero-order valence-corrected chi connectivity index (χ0v) is 17.1. The number of ketones is 1. The van der Waals surface area contributed by atoms with Gasteiger partial charge < -0.3 is 9.64 Å². The van der Waals surface area contributed by atoms with Crippen molar-refractivity contribution in [3.05, 3.63) is 95.6 Å². The van der Waals surface area contributed by atoms with E-state index in [9.17, 15) is 14.4 Å². The Morgan fingerprint density at radius 3 is 2.16 bits per heavy atom. The number of amides is 1. The molecule has 1 unspecified atom stereocenters. The molecule has 3 aromatic carbocycles. The molecule has 0 N–H and O–H groups in total. The number of nitrogens with zero attached hydrogens (tertiary/aromatic N) is 1. The van der Waals surface area contributed by atoms with Gasteiger partial charge in [-0.3, -0.25) is 14.4 Å². The molecule has 5 nitrogen and oxygen atoms in total. The third kappa shape index (κ3) is 4.89. The number of rotatable bonds is 6. The van der Waals surface area contributed by atoms with Gasteiger partial charge in [0.05, 0.1) is 0 Å². The van der Waals surface area contributed by atoms with Gasteiger partial charge in [-0.2, -0.15) is 0 Å². The van der Waals surface area contributed by atoms with Crippen molar-refractivity contribution >= 4 is 18.0 Å². The van der Waals surface area contributed by atoms with Crippen LogP contribution in [0.3, 0.4) is 0 Å². The summed E-state index contributed by atoms with van der Waals surface area (Å²) in [5.41, 5.74) is 1.68. The summed E-state index contributed by atoms with van der Waals surface area (Å²) in [6, 6.07) is 23.2. The van der Waals surface area contributed by atoms with E-state index in [1.807, 2.05) is 30.3 Å². The van der Waals surface area contributed by atoms with Crippen LogP contribution in [0.25, 0.3) is 0 Å². The fourth-order valence-electron chi connectivity index (χ4n) is 3.81. The number of Topliss-reactive ketones (excluding diaryl/α,β-unsaturated/α-hetero) is 1. The molecule has 0 aromatic heterocycles. The van der Waals surface area contributed by atoms with E-state index in [4.69, 9.17) is 4.74 Å². The van der Waals surface area contributed by atoms with Crippen LogP contribution in [0.4, 0.5) is 0 Å². The molecule has 1 aliphatic heterocycles. The van der Waals surface area contributed by atoms with Crippen LogP contribution in [-0.4, -0.2) is 36.0 Å². The summed E-state index contributed by atoms with van der Waals surface area (Å²) in [6.45, 7) is 1.03. The molecule has 5 heteroatoms. The number of hydrogen-bond donors (Lipinski definition) is 0. The number of aldehydes is 1. The Hall–Kier alpha value is -3.73. The van der Waals surface area contributed by atoms with Crippen LogP contribution in [0.15, 0.2) is 78.9 Å². The molecule has 156 valence electrons. The smallest absolute Gasteiger partial charge is 0.253 e. The molecule has 1 atom stereocenters. The second-order valence-corrected chi connectivity index (χ2v) is 7.63. The Balaban J connectivity index is 1.41. The quantitative estimate of drug-likeness (QED) is 0.420. The molecular weight excluding hydrogens is 390 g/mol. The lowest BCUT2D eigenvalue weighted by molar-refractivity contribution is 0.0636. The van der Waals surface area contributed by atoms with Crippen LogP contribution in [-0.2, 0) is 0 Å². The van der Waals surface area contributed by atoms with Gasteiger partial charge in [0.25, 0.3) is 5.91 Å². The van der Waals surface area contributed by atoms with Gasteiger partial charge >= 0.3 is 0 Å². The first kappa shape index (κ1) is 20.5. The Morgan fingerprint density at radius 2 is 1.48 bits per heavy atom. The maximum atomic E-state index is 13.0. The summed E-state index contributed by atoms with van der Waals surface area (Å²) in [4.78, 5) is 38.4. The van der Waals surface area contributed by atoms with Crippen LogP contribution in [0.1, 0.15) is 43.9 Å². The number of piperidine rings is 1. The van der Waals surface area contributed by atoms with Crippen molar-refractivity contribution in [2.45, 2.75) is 12.8 Å². The molecule has 1 saturated heterocycles. The topological polar surface area (TPSA) is 63.7 Å². The molecule has 0 aliphatic carbocycles. The SMILES string of the molecule is O=Cc1ccc(C(=O)N2CCCC(C(=O)c3ccc(Oc4ccccc4)cc3)C2)cc1. The third-order valence-electron chi connectivity index (χ3n) is 5.49. The molecule has 1 heterocycles. The van der Waals surface area contributed by atoms with Crippen molar-refractivity contribution < 1.29 is 19.1 Å². The monoisotopic (exact) mass is 413 g/mol. The standard InChI is InChI=1S/C26H23NO4/c28-18-19-8-10-21(11-9-19)26(30)27-16-4-5-22(17-27)25(29)20-12-14-24(15-13-20)31-23-6-2-1-3-7-23/h1-3,6-15,18,22H,4-5,16-17H2. The van der Waals surface area contributed by atoms with Crippen LogP contribution >= 0.6 is 0 Å². The van der Waals surface area contributed by atoms with Gasteiger partial charge in [-0.05, 0) is 61.4 Å². The molecule has 3 aromatic rings. The van der Waals surface area contributed by atoms with Crippen molar-refractivity contribution in [2.24, 2.45) is 5.92 Å². The van der Waals surface area contributed by atoms with Crippen molar-refractivity contribution in [3.63, 3.8) is 0 Å². The van der Waals surface area contributed by atoms with Gasteiger partial charge in [0, 0.05) is 35.7 Å². The minimum atomic E-state index is -0.229. The first-order valence-corrected chi connectivity index (χ1v) is 10.4. The molecule has 31 heavy (non-hydrogen) atoms. The number of para-hydroxylation sites is 1. The average molecular weight is 413 g/mol. The normalized spacial score (nSPS) is 15.9. The molecule has 1 amide bonds. The molecular formula is C26H23NO4. The van der Waals surface area contributed by atoms with Gasteiger partial charge in [0.2, 0.25) is 0 Å². The van der Waals surface area contributed by atoms with Crippen LogP contribution in [0, 0.1) is 5.92 Å². The summed E-state index contributed by atoms with van der Waals surface area (Å²) in [7, 11) is 0. The lowest BCUT2D eigenvalue weighted by atomic mass is 9.89. The van der Waals surface area contributed by atoms with Crippen molar-refractivity contribution in [2.75, 3.05) is 13.1 Å². The zero-order valence-electron chi connectivity index (χ0n) is 17.1. The molecule has 0 saturated carbocycles. The summed E-state index contributed by atoms with van der Waals surface area (Å²) in [5, 5.41) is 0. The van der Waals surface area contributed by atoms with Gasteiger partial charge in [-0.1, -0.05) is 30.3 Å². The van der Waals surface area contributed by atoms with E-state index in [2.05, 4.69) is 0 Å². The highest BCUT2D eigenvalue weighted by molar-refractivity contribution is 5.99. The number of carbonyl (C=O) groups excluding carboxylic acids is 3. The van der Waals surface area contributed by atoms with Crippen molar-refractivity contribution in [3.8, 4) is 11.5 Å². The van der Waals surface area contributed by atoms with Crippen LogP contribution in [0.2, 0.25) is 0 Å². The fraction of sp³-hybridized carbons (Fsp3) is 0.192. The zero-order chi connectivity index (χ0) is 21.6. The third-order valence-corrected chi connectivity index (χ3v) is 5.49. The molecule has 0 radical (unpaired) electrons. The lowest BCUT2D eigenvalue weighted by Gasteiger charge is -2.32. The second-order valence-electron chi connectivity index (χ2n) is 7.63. The van der Waals surface area contributed by atoms with E-state index in [-0.39, 0.29) is 17.6 Å². The molecule has 1 fully saturated rings. The molecule has 4 rings (SSSR count). The number of carbonyl (C=O) groups is 3. The lowest BCUT2D eigenvalue weighted by Crippen LogP contribution is -2.42. The molecule has 1 aliphatic rings. The van der Waals surface area contributed by atoms with Gasteiger partial charge in [-0.15, -0.1) is 0 Å². The van der Waals surface area contributed by atoms with E-state index in [1.165, 1.54) is 0 Å².